The minimum absolute atomic E-state index is 0.00330. The van der Waals surface area contributed by atoms with Crippen LogP contribution in [-0.4, -0.2) is 57.3 Å². The molecule has 0 unspecified atom stereocenters. The SMILES string of the molecule is CCOc1ccccc1N1CCN(C(=O)COc2ccc(OC)cc2)CC1. The fourth-order valence-electron chi connectivity index (χ4n) is 3.10. The quantitative estimate of drug-likeness (QED) is 0.750. The van der Waals surface area contributed by atoms with Gasteiger partial charge in [0, 0.05) is 26.2 Å². The third kappa shape index (κ3) is 4.84. The van der Waals surface area contributed by atoms with Gasteiger partial charge in [-0.2, -0.15) is 0 Å². The lowest BCUT2D eigenvalue weighted by Crippen LogP contribution is -2.50. The zero-order valence-corrected chi connectivity index (χ0v) is 15.9. The normalized spacial score (nSPS) is 14.0. The zero-order valence-electron chi connectivity index (χ0n) is 15.9. The van der Waals surface area contributed by atoms with E-state index in [9.17, 15) is 4.79 Å². The van der Waals surface area contributed by atoms with Crippen molar-refractivity contribution >= 4 is 11.6 Å². The second-order valence-corrected chi connectivity index (χ2v) is 6.23. The molecule has 1 saturated heterocycles. The molecule has 1 fully saturated rings. The largest absolute Gasteiger partial charge is 0.497 e. The van der Waals surface area contributed by atoms with E-state index in [1.807, 2.05) is 42.2 Å². The molecule has 0 aromatic heterocycles. The lowest BCUT2D eigenvalue weighted by molar-refractivity contribution is -0.133. The summed E-state index contributed by atoms with van der Waals surface area (Å²) in [6.07, 6.45) is 0. The molecule has 0 bridgehead atoms. The molecule has 2 aromatic rings. The molecule has 144 valence electrons. The number of ether oxygens (including phenoxy) is 3. The summed E-state index contributed by atoms with van der Waals surface area (Å²) in [4.78, 5) is 16.6. The van der Waals surface area contributed by atoms with Gasteiger partial charge in [0.1, 0.15) is 17.2 Å². The van der Waals surface area contributed by atoms with E-state index in [0.717, 1.165) is 30.3 Å². The molecule has 1 heterocycles. The Morgan fingerprint density at radius 1 is 0.926 bits per heavy atom. The summed E-state index contributed by atoms with van der Waals surface area (Å²) in [5.74, 6) is 2.32. The van der Waals surface area contributed by atoms with E-state index < -0.39 is 0 Å². The second kappa shape index (κ2) is 9.16. The summed E-state index contributed by atoms with van der Waals surface area (Å²) in [7, 11) is 1.62. The van der Waals surface area contributed by atoms with Crippen molar-refractivity contribution in [1.82, 2.24) is 4.90 Å². The summed E-state index contributed by atoms with van der Waals surface area (Å²) in [5, 5.41) is 0. The highest BCUT2D eigenvalue weighted by atomic mass is 16.5. The molecule has 0 atom stereocenters. The fraction of sp³-hybridized carbons (Fsp3) is 0.381. The van der Waals surface area contributed by atoms with Crippen LogP contribution >= 0.6 is 0 Å². The van der Waals surface area contributed by atoms with Crippen molar-refractivity contribution < 1.29 is 19.0 Å². The van der Waals surface area contributed by atoms with Crippen LogP contribution in [0, 0.1) is 0 Å². The van der Waals surface area contributed by atoms with Gasteiger partial charge in [-0.15, -0.1) is 0 Å². The summed E-state index contributed by atoms with van der Waals surface area (Å²) >= 11 is 0. The van der Waals surface area contributed by atoms with Gasteiger partial charge in [-0.3, -0.25) is 4.79 Å². The highest BCUT2D eigenvalue weighted by Crippen LogP contribution is 2.28. The first-order valence-corrected chi connectivity index (χ1v) is 9.22. The molecule has 6 nitrogen and oxygen atoms in total. The first-order valence-electron chi connectivity index (χ1n) is 9.22. The van der Waals surface area contributed by atoms with Gasteiger partial charge >= 0.3 is 0 Å². The standard InChI is InChI=1S/C21H26N2O4/c1-3-26-20-7-5-4-6-19(20)22-12-14-23(15-13-22)21(24)16-27-18-10-8-17(25-2)9-11-18/h4-11H,3,12-16H2,1-2H3. The topological polar surface area (TPSA) is 51.2 Å². The number of carbonyl (C=O) groups is 1. The smallest absolute Gasteiger partial charge is 0.260 e. The van der Waals surface area contributed by atoms with E-state index in [1.54, 1.807) is 19.2 Å². The van der Waals surface area contributed by atoms with Crippen molar-refractivity contribution in [1.29, 1.82) is 0 Å². The third-order valence-corrected chi connectivity index (χ3v) is 4.56. The van der Waals surface area contributed by atoms with Gasteiger partial charge < -0.3 is 24.0 Å². The van der Waals surface area contributed by atoms with Gasteiger partial charge in [0.15, 0.2) is 6.61 Å². The fourth-order valence-corrected chi connectivity index (χ4v) is 3.10. The molecule has 27 heavy (non-hydrogen) atoms. The molecular weight excluding hydrogens is 344 g/mol. The highest BCUT2D eigenvalue weighted by molar-refractivity contribution is 5.78. The maximum atomic E-state index is 12.4. The van der Waals surface area contributed by atoms with Crippen molar-refractivity contribution in [3.8, 4) is 17.2 Å². The van der Waals surface area contributed by atoms with Crippen LogP contribution in [0.1, 0.15) is 6.92 Å². The number of benzene rings is 2. The molecule has 0 radical (unpaired) electrons. The first-order chi connectivity index (χ1) is 13.2. The van der Waals surface area contributed by atoms with Crippen molar-refractivity contribution in [2.24, 2.45) is 0 Å². The highest BCUT2D eigenvalue weighted by Gasteiger charge is 2.23. The van der Waals surface area contributed by atoms with E-state index in [-0.39, 0.29) is 12.5 Å². The molecule has 1 aliphatic heterocycles. The maximum absolute atomic E-state index is 12.4. The number of nitrogens with zero attached hydrogens (tertiary/aromatic N) is 2. The molecule has 1 aliphatic rings. The summed E-state index contributed by atoms with van der Waals surface area (Å²) in [5.41, 5.74) is 1.08. The first kappa shape index (κ1) is 18.9. The Morgan fingerprint density at radius 3 is 2.26 bits per heavy atom. The minimum Gasteiger partial charge on any atom is -0.497 e. The molecule has 0 aliphatic carbocycles. The molecule has 0 saturated carbocycles. The average Bonchev–Trinajstić information content (AvgIpc) is 2.73. The number of piperazine rings is 1. The van der Waals surface area contributed by atoms with Gasteiger partial charge in [0.25, 0.3) is 5.91 Å². The van der Waals surface area contributed by atoms with Gasteiger partial charge in [-0.1, -0.05) is 12.1 Å². The van der Waals surface area contributed by atoms with Crippen LogP contribution in [0.4, 0.5) is 5.69 Å². The van der Waals surface area contributed by atoms with E-state index >= 15 is 0 Å². The van der Waals surface area contributed by atoms with Crippen LogP contribution in [0.3, 0.4) is 0 Å². The van der Waals surface area contributed by atoms with E-state index in [4.69, 9.17) is 14.2 Å². The Morgan fingerprint density at radius 2 is 1.59 bits per heavy atom. The zero-order chi connectivity index (χ0) is 19.1. The Bertz CT molecular complexity index is 740. The van der Waals surface area contributed by atoms with Crippen LogP contribution in [0.15, 0.2) is 48.5 Å². The van der Waals surface area contributed by atoms with Gasteiger partial charge in [-0.25, -0.2) is 0 Å². The van der Waals surface area contributed by atoms with Crippen molar-refractivity contribution in [3.63, 3.8) is 0 Å². The minimum atomic E-state index is 0.00330. The summed E-state index contributed by atoms with van der Waals surface area (Å²) in [6, 6.07) is 15.3. The lowest BCUT2D eigenvalue weighted by atomic mass is 10.2. The Kier molecular flexibility index (Phi) is 6.41. The number of hydrogen-bond acceptors (Lipinski definition) is 5. The van der Waals surface area contributed by atoms with Crippen molar-refractivity contribution in [2.45, 2.75) is 6.92 Å². The lowest BCUT2D eigenvalue weighted by Gasteiger charge is -2.36. The van der Waals surface area contributed by atoms with Crippen LogP contribution in [0.2, 0.25) is 0 Å². The number of rotatable bonds is 7. The van der Waals surface area contributed by atoms with Crippen molar-refractivity contribution in [2.75, 3.05) is 51.4 Å². The molecule has 2 aromatic carbocycles. The average molecular weight is 370 g/mol. The monoisotopic (exact) mass is 370 g/mol. The number of methoxy groups -OCH3 is 1. The number of amides is 1. The Labute approximate surface area is 160 Å². The van der Waals surface area contributed by atoms with Gasteiger partial charge in [0.05, 0.1) is 19.4 Å². The number of carbonyl (C=O) groups excluding carboxylic acids is 1. The summed E-state index contributed by atoms with van der Waals surface area (Å²) < 4.78 is 16.4. The Balaban J connectivity index is 1.50. The number of hydrogen-bond donors (Lipinski definition) is 0. The van der Waals surface area contributed by atoms with E-state index in [2.05, 4.69) is 11.0 Å². The second-order valence-electron chi connectivity index (χ2n) is 6.23. The molecule has 6 heteroatoms. The van der Waals surface area contributed by atoms with Gasteiger partial charge in [-0.05, 0) is 43.3 Å². The van der Waals surface area contributed by atoms with Crippen LogP contribution in [-0.2, 0) is 4.79 Å². The van der Waals surface area contributed by atoms with E-state index in [1.165, 1.54) is 0 Å². The van der Waals surface area contributed by atoms with Crippen LogP contribution < -0.4 is 19.1 Å². The molecule has 1 amide bonds. The predicted octanol–water partition coefficient (Wildman–Crippen LogP) is 2.82. The predicted molar refractivity (Wildman–Crippen MR) is 105 cm³/mol. The molecule has 0 spiro atoms. The Hall–Kier alpha value is -2.89. The van der Waals surface area contributed by atoms with E-state index in [0.29, 0.717) is 25.4 Å². The molecule has 3 rings (SSSR count). The number of para-hydroxylation sites is 2. The van der Waals surface area contributed by atoms with Crippen LogP contribution in [0.25, 0.3) is 0 Å². The molecule has 0 N–H and O–H groups in total. The third-order valence-electron chi connectivity index (χ3n) is 4.56. The maximum Gasteiger partial charge on any atom is 0.260 e. The van der Waals surface area contributed by atoms with Crippen molar-refractivity contribution in [3.05, 3.63) is 48.5 Å². The van der Waals surface area contributed by atoms with Gasteiger partial charge in [0.2, 0.25) is 0 Å². The van der Waals surface area contributed by atoms with Crippen LogP contribution in [0.5, 0.6) is 17.2 Å². The summed E-state index contributed by atoms with van der Waals surface area (Å²) in [6.45, 7) is 5.56. The molecular formula is C21H26N2O4. The number of anilines is 1.